The quantitative estimate of drug-likeness (QED) is 0.479. The second kappa shape index (κ2) is 1.99. The van der Waals surface area contributed by atoms with Gasteiger partial charge in [-0.25, -0.2) is 5.73 Å². The van der Waals surface area contributed by atoms with Crippen LogP contribution in [0.15, 0.2) is 0 Å². The van der Waals surface area contributed by atoms with E-state index in [2.05, 4.69) is 4.74 Å². The minimum Gasteiger partial charge on any atom is -0.468 e. The molecule has 0 saturated heterocycles. The fraction of sp³-hybridized carbons (Fsp3) is 0.833. The number of hydrogen-bond acceptors (Lipinski definition) is 2. The molecule has 1 N–H and O–H groups in total. The third kappa shape index (κ3) is 0.920. The monoisotopic (exact) mass is 128 g/mol. The number of methoxy groups -OCH3 is 1. The molecule has 0 atom stereocenters. The van der Waals surface area contributed by atoms with E-state index in [1.54, 1.807) is 0 Å². The van der Waals surface area contributed by atoms with Gasteiger partial charge in [-0.1, -0.05) is 0 Å². The molecule has 1 aliphatic rings. The van der Waals surface area contributed by atoms with Gasteiger partial charge in [-0.05, 0) is 19.3 Å². The van der Waals surface area contributed by atoms with Crippen molar-refractivity contribution in [3.63, 3.8) is 0 Å². The van der Waals surface area contributed by atoms with Crippen LogP contribution in [-0.2, 0) is 9.53 Å². The van der Waals surface area contributed by atoms with Crippen molar-refractivity contribution in [2.24, 2.45) is 0 Å². The Hall–Kier alpha value is -0.570. The number of ether oxygens (including phenoxy) is 1. The zero-order valence-corrected chi connectivity index (χ0v) is 5.44. The Morgan fingerprint density at radius 3 is 2.33 bits per heavy atom. The molecule has 9 heavy (non-hydrogen) atoms. The van der Waals surface area contributed by atoms with Crippen LogP contribution in [0.3, 0.4) is 0 Å². The van der Waals surface area contributed by atoms with Crippen LogP contribution in [0.5, 0.6) is 0 Å². The average Bonchev–Trinajstić information content (AvgIpc) is 1.81. The Labute approximate surface area is 54.2 Å². The van der Waals surface area contributed by atoms with Crippen molar-refractivity contribution in [1.29, 1.82) is 0 Å². The van der Waals surface area contributed by atoms with E-state index in [1.165, 1.54) is 7.11 Å². The number of nitrogens with one attached hydrogen (secondary N) is 1. The summed E-state index contributed by atoms with van der Waals surface area (Å²) in [6.07, 6.45) is 2.32. The van der Waals surface area contributed by atoms with Crippen LogP contribution in [0.2, 0.25) is 0 Å². The van der Waals surface area contributed by atoms with Crippen LogP contribution in [-0.4, -0.2) is 18.6 Å². The largest absolute Gasteiger partial charge is 0.468 e. The summed E-state index contributed by atoms with van der Waals surface area (Å²) in [5.74, 6) is -0.381. The van der Waals surface area contributed by atoms with E-state index < -0.39 is 5.54 Å². The lowest BCUT2D eigenvalue weighted by molar-refractivity contribution is -0.150. The first-order chi connectivity index (χ1) is 4.19. The Morgan fingerprint density at radius 1 is 1.67 bits per heavy atom. The van der Waals surface area contributed by atoms with E-state index in [0.717, 1.165) is 6.42 Å². The van der Waals surface area contributed by atoms with Crippen molar-refractivity contribution in [1.82, 2.24) is 5.73 Å². The fourth-order valence-corrected chi connectivity index (χ4v) is 0.930. The lowest BCUT2D eigenvalue weighted by atomic mass is 9.78. The van der Waals surface area contributed by atoms with Gasteiger partial charge in [0.15, 0.2) is 0 Å². The average molecular weight is 128 g/mol. The van der Waals surface area contributed by atoms with Crippen LogP contribution in [0.1, 0.15) is 19.3 Å². The molecule has 0 unspecified atom stereocenters. The van der Waals surface area contributed by atoms with E-state index >= 15 is 0 Å². The summed E-state index contributed by atoms with van der Waals surface area (Å²) in [5, 5.41) is 0. The highest BCUT2D eigenvalue weighted by molar-refractivity contribution is 5.81. The molecule has 3 nitrogen and oxygen atoms in total. The SMILES string of the molecule is COC(=O)C1([NH])CCC1. The summed E-state index contributed by atoms with van der Waals surface area (Å²) in [7, 11) is 1.33. The number of carbonyl (C=O) groups excluding carboxylic acids is 1. The molecule has 51 valence electrons. The maximum Gasteiger partial charge on any atom is 0.327 e. The Bertz CT molecular complexity index is 129. The van der Waals surface area contributed by atoms with Gasteiger partial charge < -0.3 is 4.74 Å². The molecule has 0 bridgehead atoms. The summed E-state index contributed by atoms with van der Waals surface area (Å²) < 4.78 is 4.43. The van der Waals surface area contributed by atoms with Gasteiger partial charge in [-0.3, -0.25) is 4.79 Å². The number of hydrogen-bond donors (Lipinski definition) is 0. The zero-order valence-electron chi connectivity index (χ0n) is 5.44. The smallest absolute Gasteiger partial charge is 0.327 e. The number of carbonyl (C=O) groups is 1. The predicted molar refractivity (Wildman–Crippen MR) is 31.7 cm³/mol. The van der Waals surface area contributed by atoms with Crippen LogP contribution >= 0.6 is 0 Å². The van der Waals surface area contributed by atoms with Crippen molar-refractivity contribution >= 4 is 5.97 Å². The molecule has 0 aromatic rings. The van der Waals surface area contributed by atoms with Gasteiger partial charge in [0.25, 0.3) is 0 Å². The van der Waals surface area contributed by atoms with E-state index in [-0.39, 0.29) is 5.97 Å². The lowest BCUT2D eigenvalue weighted by Gasteiger charge is -2.33. The Kier molecular flexibility index (Phi) is 1.45. The van der Waals surface area contributed by atoms with Crippen molar-refractivity contribution < 1.29 is 9.53 Å². The first-order valence-corrected chi connectivity index (χ1v) is 3.02. The minimum absolute atomic E-state index is 0.381. The van der Waals surface area contributed by atoms with Crippen molar-refractivity contribution in [2.45, 2.75) is 24.8 Å². The normalized spacial score (nSPS) is 22.4. The summed E-state index contributed by atoms with van der Waals surface area (Å²) in [4.78, 5) is 10.7. The van der Waals surface area contributed by atoms with E-state index in [0.29, 0.717) is 12.8 Å². The van der Waals surface area contributed by atoms with Gasteiger partial charge in [-0.2, -0.15) is 0 Å². The molecular formula is C6H10NO2. The van der Waals surface area contributed by atoms with Gasteiger partial charge in [-0.15, -0.1) is 0 Å². The van der Waals surface area contributed by atoms with Crippen molar-refractivity contribution in [3.8, 4) is 0 Å². The van der Waals surface area contributed by atoms with Gasteiger partial charge in [0, 0.05) is 0 Å². The fourth-order valence-electron chi connectivity index (χ4n) is 0.930. The molecule has 0 heterocycles. The predicted octanol–water partition coefficient (Wildman–Crippen LogP) is 0.365. The van der Waals surface area contributed by atoms with Gasteiger partial charge in [0.05, 0.1) is 7.11 Å². The molecule has 0 aliphatic heterocycles. The third-order valence-electron chi connectivity index (χ3n) is 1.78. The van der Waals surface area contributed by atoms with Crippen LogP contribution < -0.4 is 5.73 Å². The third-order valence-corrected chi connectivity index (χ3v) is 1.78. The molecule has 1 fully saturated rings. The van der Waals surface area contributed by atoms with E-state index in [4.69, 9.17) is 5.73 Å². The molecular weight excluding hydrogens is 118 g/mol. The Morgan fingerprint density at radius 2 is 2.22 bits per heavy atom. The van der Waals surface area contributed by atoms with Gasteiger partial charge in [0.2, 0.25) is 0 Å². The highest BCUT2D eigenvalue weighted by Gasteiger charge is 2.42. The van der Waals surface area contributed by atoms with Gasteiger partial charge >= 0.3 is 5.97 Å². The lowest BCUT2D eigenvalue weighted by Crippen LogP contribution is -2.47. The molecule has 3 heteroatoms. The summed E-state index contributed by atoms with van der Waals surface area (Å²) in [5.41, 5.74) is 6.51. The highest BCUT2D eigenvalue weighted by atomic mass is 16.5. The van der Waals surface area contributed by atoms with Crippen molar-refractivity contribution in [3.05, 3.63) is 0 Å². The molecule has 1 saturated carbocycles. The maximum absolute atomic E-state index is 10.7. The second-order valence-electron chi connectivity index (χ2n) is 2.43. The topological polar surface area (TPSA) is 50.1 Å². The zero-order chi connectivity index (χ0) is 6.91. The second-order valence-corrected chi connectivity index (χ2v) is 2.43. The first-order valence-electron chi connectivity index (χ1n) is 3.02. The first kappa shape index (κ1) is 6.55. The standard InChI is InChI=1S/C6H10NO2/c1-9-5(8)6(7)3-2-4-6/h7H,2-4H2,1H3. The number of esters is 1. The van der Waals surface area contributed by atoms with Crippen LogP contribution in [0.25, 0.3) is 0 Å². The summed E-state index contributed by atoms with van der Waals surface area (Å²) in [6.45, 7) is 0. The van der Waals surface area contributed by atoms with Crippen LogP contribution in [0, 0.1) is 0 Å². The molecule has 0 amide bonds. The molecule has 0 aromatic heterocycles. The molecule has 0 spiro atoms. The summed E-state index contributed by atoms with van der Waals surface area (Å²) in [6, 6.07) is 0. The number of rotatable bonds is 1. The molecule has 1 rings (SSSR count). The van der Waals surface area contributed by atoms with Crippen molar-refractivity contribution in [2.75, 3.05) is 7.11 Å². The van der Waals surface area contributed by atoms with Gasteiger partial charge in [0.1, 0.15) is 5.54 Å². The molecule has 1 aliphatic carbocycles. The maximum atomic E-state index is 10.7. The van der Waals surface area contributed by atoms with Crippen LogP contribution in [0.4, 0.5) is 0 Å². The molecule has 0 aromatic carbocycles. The minimum atomic E-state index is -0.880. The van der Waals surface area contributed by atoms with E-state index in [1.807, 2.05) is 0 Å². The Balaban J connectivity index is 2.49. The summed E-state index contributed by atoms with van der Waals surface area (Å²) >= 11 is 0. The van der Waals surface area contributed by atoms with E-state index in [9.17, 15) is 4.79 Å². The highest BCUT2D eigenvalue weighted by Crippen LogP contribution is 2.31. The molecule has 1 radical (unpaired) electrons.